The van der Waals surface area contributed by atoms with Crippen LogP contribution in [0, 0.1) is 12.7 Å². The van der Waals surface area contributed by atoms with Crippen LogP contribution >= 0.6 is 0 Å². The summed E-state index contributed by atoms with van der Waals surface area (Å²) in [5.74, 6) is -1.92. The minimum Gasteiger partial charge on any atom is -0.490 e. The van der Waals surface area contributed by atoms with Gasteiger partial charge in [0.15, 0.2) is 18.1 Å². The fourth-order valence-electron chi connectivity index (χ4n) is 2.97. The molecule has 3 N–H and O–H groups in total. The number of carbonyl (C=O) groups is 3. The Labute approximate surface area is 207 Å². The average molecular weight is 493 g/mol. The Morgan fingerprint density at radius 2 is 1.67 bits per heavy atom. The van der Waals surface area contributed by atoms with Crippen LogP contribution in [0.4, 0.5) is 15.8 Å². The van der Waals surface area contributed by atoms with E-state index in [1.807, 2.05) is 19.1 Å². The van der Waals surface area contributed by atoms with Crippen LogP contribution in [0.25, 0.3) is 0 Å². The van der Waals surface area contributed by atoms with Gasteiger partial charge in [0.1, 0.15) is 5.82 Å². The highest BCUT2D eigenvalue weighted by Crippen LogP contribution is 2.28. The van der Waals surface area contributed by atoms with Crippen LogP contribution in [0.3, 0.4) is 0 Å². The topological polar surface area (TPSA) is 118 Å². The molecule has 0 aliphatic heterocycles. The number of hydrazone groups is 1. The number of para-hydroxylation sites is 1. The number of halogens is 1. The van der Waals surface area contributed by atoms with Crippen molar-refractivity contribution in [2.24, 2.45) is 5.10 Å². The summed E-state index contributed by atoms with van der Waals surface area (Å²) in [5.41, 5.74) is 4.52. The van der Waals surface area contributed by atoms with Crippen molar-refractivity contribution in [3.8, 4) is 11.5 Å². The summed E-state index contributed by atoms with van der Waals surface area (Å²) in [6.07, 6.45) is 1.34. The molecule has 0 aliphatic rings. The third kappa shape index (κ3) is 7.66. The lowest BCUT2D eigenvalue weighted by Gasteiger charge is -2.12. The lowest BCUT2D eigenvalue weighted by molar-refractivity contribution is -0.136. The van der Waals surface area contributed by atoms with Gasteiger partial charge in [-0.3, -0.25) is 14.4 Å². The van der Waals surface area contributed by atoms with E-state index in [1.165, 1.54) is 30.5 Å². The second-order valence-corrected chi connectivity index (χ2v) is 7.45. The van der Waals surface area contributed by atoms with E-state index in [9.17, 15) is 18.8 Å². The fraction of sp³-hybridized carbons (Fsp3) is 0.154. The van der Waals surface area contributed by atoms with Gasteiger partial charge < -0.3 is 20.1 Å². The molecule has 0 saturated heterocycles. The first kappa shape index (κ1) is 25.9. The van der Waals surface area contributed by atoms with E-state index in [4.69, 9.17) is 9.47 Å². The maximum absolute atomic E-state index is 13.0. The molecule has 0 fully saturated rings. The summed E-state index contributed by atoms with van der Waals surface area (Å²) in [7, 11) is 0. The third-order valence-corrected chi connectivity index (χ3v) is 4.73. The number of rotatable bonds is 9. The minimum absolute atomic E-state index is 0.295. The van der Waals surface area contributed by atoms with Gasteiger partial charge in [-0.2, -0.15) is 5.10 Å². The van der Waals surface area contributed by atoms with Gasteiger partial charge in [-0.25, -0.2) is 9.82 Å². The second kappa shape index (κ2) is 12.7. The third-order valence-electron chi connectivity index (χ3n) is 4.73. The molecule has 9 nitrogen and oxygen atoms in total. The van der Waals surface area contributed by atoms with Crippen molar-refractivity contribution in [3.63, 3.8) is 0 Å². The number of benzene rings is 3. The molecule has 0 aliphatic carbocycles. The summed E-state index contributed by atoms with van der Waals surface area (Å²) in [6.45, 7) is 3.65. The molecule has 186 valence electrons. The van der Waals surface area contributed by atoms with E-state index in [0.29, 0.717) is 35.0 Å². The van der Waals surface area contributed by atoms with Crippen LogP contribution in [0.2, 0.25) is 0 Å². The summed E-state index contributed by atoms with van der Waals surface area (Å²) >= 11 is 0. The van der Waals surface area contributed by atoms with Gasteiger partial charge in [-0.05, 0) is 73.5 Å². The van der Waals surface area contributed by atoms with E-state index in [0.717, 1.165) is 5.56 Å². The highest BCUT2D eigenvalue weighted by Gasteiger charge is 2.14. The highest BCUT2D eigenvalue weighted by molar-refractivity contribution is 6.39. The SMILES string of the molecule is CCOc1cc(/C=N\NC(=O)C(=O)Nc2ccccc2C)ccc1OCC(=O)Nc1ccc(F)cc1. The summed E-state index contributed by atoms with van der Waals surface area (Å²) in [6, 6.07) is 17.3. The largest absolute Gasteiger partial charge is 0.490 e. The van der Waals surface area contributed by atoms with Gasteiger partial charge in [-0.15, -0.1) is 0 Å². The molecule has 0 radical (unpaired) electrons. The molecule has 3 rings (SSSR count). The van der Waals surface area contributed by atoms with Crippen molar-refractivity contribution in [1.82, 2.24) is 5.43 Å². The van der Waals surface area contributed by atoms with Gasteiger partial charge >= 0.3 is 11.8 Å². The first-order valence-corrected chi connectivity index (χ1v) is 11.0. The Morgan fingerprint density at radius 1 is 0.917 bits per heavy atom. The normalized spacial score (nSPS) is 10.5. The standard InChI is InChI=1S/C26H25FN4O5/c1-3-35-23-14-18(15-28-31-26(34)25(33)30-21-7-5-4-6-17(21)2)8-13-22(23)36-16-24(32)29-20-11-9-19(27)10-12-20/h4-15H,3,16H2,1-2H3,(H,29,32)(H,30,33)(H,31,34)/b28-15-. The second-order valence-electron chi connectivity index (χ2n) is 7.45. The molecule has 0 heterocycles. The Kier molecular flexibility index (Phi) is 9.10. The molecule has 36 heavy (non-hydrogen) atoms. The van der Waals surface area contributed by atoms with E-state index < -0.39 is 23.5 Å². The number of aryl methyl sites for hydroxylation is 1. The van der Waals surface area contributed by atoms with Crippen molar-refractivity contribution in [2.75, 3.05) is 23.8 Å². The Hall–Kier alpha value is -4.73. The van der Waals surface area contributed by atoms with Crippen LogP contribution in [0.1, 0.15) is 18.1 Å². The molecule has 0 aromatic heterocycles. The van der Waals surface area contributed by atoms with Crippen LogP contribution in [0.15, 0.2) is 71.8 Å². The number of hydrogen-bond acceptors (Lipinski definition) is 6. The Balaban J connectivity index is 1.56. The zero-order chi connectivity index (χ0) is 25.9. The molecule has 0 unspecified atom stereocenters. The number of carbonyl (C=O) groups excluding carboxylic acids is 3. The monoisotopic (exact) mass is 492 g/mol. The number of hydrogen-bond donors (Lipinski definition) is 3. The molecule has 10 heteroatoms. The van der Waals surface area contributed by atoms with Crippen LogP contribution in [-0.4, -0.2) is 37.1 Å². The molecule has 0 bridgehead atoms. The van der Waals surface area contributed by atoms with Crippen molar-refractivity contribution < 1.29 is 28.2 Å². The van der Waals surface area contributed by atoms with Crippen LogP contribution < -0.4 is 25.5 Å². The van der Waals surface area contributed by atoms with E-state index >= 15 is 0 Å². The van der Waals surface area contributed by atoms with Crippen LogP contribution in [0.5, 0.6) is 11.5 Å². The van der Waals surface area contributed by atoms with Gasteiger partial charge in [0, 0.05) is 11.4 Å². The molecule has 3 amide bonds. The predicted octanol–water partition coefficient (Wildman–Crippen LogP) is 3.64. The number of nitrogens with zero attached hydrogens (tertiary/aromatic N) is 1. The molecule has 0 atom stereocenters. The molecule has 3 aromatic carbocycles. The maximum atomic E-state index is 13.0. The zero-order valence-corrected chi connectivity index (χ0v) is 19.7. The van der Waals surface area contributed by atoms with Crippen molar-refractivity contribution in [1.29, 1.82) is 0 Å². The lowest BCUT2D eigenvalue weighted by Crippen LogP contribution is -2.32. The molecular weight excluding hydrogens is 467 g/mol. The van der Waals surface area contributed by atoms with Gasteiger partial charge in [-0.1, -0.05) is 18.2 Å². The lowest BCUT2D eigenvalue weighted by atomic mass is 10.2. The number of anilines is 2. The molecule has 3 aromatic rings. The highest BCUT2D eigenvalue weighted by atomic mass is 19.1. The summed E-state index contributed by atoms with van der Waals surface area (Å²) in [4.78, 5) is 36.2. The van der Waals surface area contributed by atoms with Gasteiger partial charge in [0.2, 0.25) is 0 Å². The fourth-order valence-corrected chi connectivity index (χ4v) is 2.97. The first-order valence-electron chi connectivity index (χ1n) is 11.0. The molecule has 0 saturated carbocycles. The quantitative estimate of drug-likeness (QED) is 0.240. The van der Waals surface area contributed by atoms with Crippen molar-refractivity contribution in [2.45, 2.75) is 13.8 Å². The zero-order valence-electron chi connectivity index (χ0n) is 19.7. The van der Waals surface area contributed by atoms with E-state index in [2.05, 4.69) is 21.2 Å². The number of nitrogens with one attached hydrogen (secondary N) is 3. The van der Waals surface area contributed by atoms with Crippen LogP contribution in [-0.2, 0) is 14.4 Å². The Morgan fingerprint density at radius 3 is 2.39 bits per heavy atom. The smallest absolute Gasteiger partial charge is 0.329 e. The first-order chi connectivity index (χ1) is 17.4. The summed E-state index contributed by atoms with van der Waals surface area (Å²) < 4.78 is 24.1. The van der Waals surface area contributed by atoms with E-state index in [1.54, 1.807) is 37.3 Å². The van der Waals surface area contributed by atoms with Gasteiger partial charge in [0.05, 0.1) is 12.8 Å². The van der Waals surface area contributed by atoms with Crippen molar-refractivity contribution in [3.05, 3.63) is 83.7 Å². The number of ether oxygens (including phenoxy) is 2. The van der Waals surface area contributed by atoms with Gasteiger partial charge in [0.25, 0.3) is 5.91 Å². The summed E-state index contributed by atoms with van der Waals surface area (Å²) in [5, 5.41) is 8.94. The van der Waals surface area contributed by atoms with Crippen molar-refractivity contribution >= 4 is 35.3 Å². The number of amides is 3. The molecular formula is C26H25FN4O5. The van der Waals surface area contributed by atoms with E-state index in [-0.39, 0.29) is 6.61 Å². The maximum Gasteiger partial charge on any atom is 0.329 e. The average Bonchev–Trinajstić information content (AvgIpc) is 2.86. The Bertz CT molecular complexity index is 1260. The molecule has 0 spiro atoms. The minimum atomic E-state index is -0.924. The predicted molar refractivity (Wildman–Crippen MR) is 134 cm³/mol.